The predicted octanol–water partition coefficient (Wildman–Crippen LogP) is 42.6. The van der Waals surface area contributed by atoms with E-state index in [0.717, 1.165) is 25.7 Å². The summed E-state index contributed by atoms with van der Waals surface area (Å²) in [6.07, 6.45) is 59.1. The minimum Gasteiger partial charge on any atom is -0.334 e. The Balaban J connectivity index is -0.0000000684. The summed E-state index contributed by atoms with van der Waals surface area (Å²) in [5.74, 6) is 3.22. The largest absolute Gasteiger partial charge is 4.00 e. The van der Waals surface area contributed by atoms with Crippen LogP contribution in [0, 0.1) is 84.0 Å². The maximum atomic E-state index is 2.54. The third-order valence-electron chi connectivity index (χ3n) is 17.1. The molecule has 0 N–H and O–H groups in total. The first-order valence-electron chi connectivity index (χ1n) is 50.7. The Morgan fingerprint density at radius 1 is 0.192 bits per heavy atom. The van der Waals surface area contributed by atoms with Crippen LogP contribution in [0.3, 0.4) is 0 Å². The fourth-order valence-electron chi connectivity index (χ4n) is 12.5. The summed E-state index contributed by atoms with van der Waals surface area (Å²) in [7, 11) is 0. The van der Waals surface area contributed by atoms with Gasteiger partial charge < -0.3 is 77.0 Å². The summed E-state index contributed by atoms with van der Waals surface area (Å²) >= 11 is 0. The van der Waals surface area contributed by atoms with Crippen LogP contribution < -0.4 is 0 Å². The molecule has 0 saturated carbocycles. The molecule has 0 aliphatic heterocycles. The van der Waals surface area contributed by atoms with Crippen molar-refractivity contribution in [2.24, 2.45) is 0 Å². The fraction of sp³-hybridized carbons (Fsp3) is 0.641. The number of aryl methyl sites for hydroxylation is 5. The first kappa shape index (κ1) is 162. The van der Waals surface area contributed by atoms with Gasteiger partial charge in [0.2, 0.25) is 0 Å². The third kappa shape index (κ3) is 96.8. The Bertz CT molecular complexity index is 2230. The van der Waals surface area contributed by atoms with Crippen LogP contribution in [0.5, 0.6) is 0 Å². The number of hydrogen-bond donors (Lipinski definition) is 0. The molecule has 5 atom stereocenters. The van der Waals surface area contributed by atoms with Crippen LogP contribution in [0.25, 0.3) is 0 Å². The van der Waals surface area contributed by atoms with Crippen molar-refractivity contribution in [2.75, 3.05) is 0 Å². The molecule has 0 spiro atoms. The zero-order valence-corrected chi connectivity index (χ0v) is 96.8. The SMILES string of the molecule is CC.CC.CC.CC.CC.CC.CC.CC.CC.CC.CC.CC.CC.CC.CC.CC.CC.C[CH-]CC(C[CH-]CCC[CH-]CC(C[CH-]C)c1ccccc1CC)c1ccccc1C.C[CH-]CC(C[CH-]CCC[CH-]CC(C[CH-]C)c1ccccc1CC)c1ccccc1CC.C[CH-]CC[CH-]CCC[CH-]CC(C[CH-]C)c1ccccc1CC.[Pt+4].[Pt+4].[Pt+4]. The van der Waals surface area contributed by atoms with Crippen LogP contribution in [0.1, 0.15) is 525 Å². The molecule has 5 rings (SSSR count). The molecule has 5 aromatic carbocycles. The van der Waals surface area contributed by atoms with Gasteiger partial charge in [-0.05, 0) is 88.2 Å². The van der Waals surface area contributed by atoms with Gasteiger partial charge in [-0.3, -0.25) is 0 Å². The first-order valence-corrected chi connectivity index (χ1v) is 50.7. The molecule has 0 aromatic heterocycles. The second-order valence-electron chi connectivity index (χ2n) is 23.5. The molecule has 0 fully saturated rings. The summed E-state index contributed by atoms with van der Waals surface area (Å²) in [6.45, 7) is 92.4. The van der Waals surface area contributed by atoms with E-state index in [0.29, 0.717) is 29.6 Å². The normalized spacial score (nSPS) is 9.91. The van der Waals surface area contributed by atoms with E-state index in [-0.39, 0.29) is 63.2 Å². The molecule has 5 aromatic rings. The molecule has 120 heavy (non-hydrogen) atoms. The van der Waals surface area contributed by atoms with E-state index < -0.39 is 0 Å². The van der Waals surface area contributed by atoms with Crippen molar-refractivity contribution < 1.29 is 63.2 Å². The van der Waals surface area contributed by atoms with Gasteiger partial charge in [-0.1, -0.05) is 414 Å². The number of hydrogen-bond acceptors (Lipinski definition) is 0. The fourth-order valence-corrected chi connectivity index (χ4v) is 12.5. The second kappa shape index (κ2) is 158. The van der Waals surface area contributed by atoms with Crippen LogP contribution >= 0.6 is 0 Å². The van der Waals surface area contributed by atoms with Crippen molar-refractivity contribution in [1.29, 1.82) is 0 Å². The molecule has 0 amide bonds. The van der Waals surface area contributed by atoms with E-state index in [1.807, 2.05) is 235 Å². The van der Waals surface area contributed by atoms with Crippen LogP contribution in [-0.2, 0) is 88.9 Å². The smallest absolute Gasteiger partial charge is 0.334 e. The predicted molar refractivity (Wildman–Crippen MR) is 564 cm³/mol. The van der Waals surface area contributed by atoms with E-state index in [2.05, 4.69) is 275 Å². The van der Waals surface area contributed by atoms with Gasteiger partial charge in [0, 0.05) is 0 Å². The van der Waals surface area contributed by atoms with Crippen LogP contribution in [-0.4, -0.2) is 0 Å². The molecule has 0 heterocycles. The molecule has 720 valence electrons. The zero-order valence-electron chi connectivity index (χ0n) is 90.0. The molecule has 0 nitrogen and oxygen atoms in total. The standard InChI is InChI=1S/C31H44.C30H42.C22H34.17C2H6.3Pt/c1-5-18-28(30-24-16-14-20-26(30)7-3)22-12-10-9-11-13-23-29(19-6-2)31-25-17-15-21-27(31)8-4;1-5-17-27(29-23-15-13-19-25(29)4)21-11-9-8-10-12-22-28(18-6-2)30-24-16-14-20-26(30)7-3;1-4-7-8-9-10-11-12-13-18-21(16-5-2)22-19-15-14-17-20(22)6-3;17*1-2;;;/h5-6,12-17,20-21,24-25,28-29H,7-11,18-19,22-23H2,1-4H3;5-6,11-16,19-20,23-24,27-28H,7-10,17-18,21-22H2,1-4H3;4-5,9,13-15,17,19,21H,6-8,10-12,16,18H2,1-3H3;17*1-2H3;;;/q3*-4;;;;;;;;;;;;;;;;;;3*+4. The Kier molecular flexibility index (Phi) is 212. The van der Waals surface area contributed by atoms with Crippen LogP contribution in [0.4, 0.5) is 0 Å². The minimum atomic E-state index is 0. The van der Waals surface area contributed by atoms with Gasteiger partial charge in [0.1, 0.15) is 0 Å². The van der Waals surface area contributed by atoms with Gasteiger partial charge in [0.05, 0.1) is 0 Å². The van der Waals surface area contributed by atoms with Crippen molar-refractivity contribution in [2.45, 2.75) is 502 Å². The Morgan fingerprint density at radius 2 is 0.358 bits per heavy atom. The van der Waals surface area contributed by atoms with E-state index in [4.69, 9.17) is 0 Å². The van der Waals surface area contributed by atoms with Crippen molar-refractivity contribution in [3.05, 3.63) is 254 Å². The molecule has 0 aliphatic rings. The Morgan fingerprint density at radius 3 is 0.533 bits per heavy atom. The number of unbranched alkanes of at least 4 members (excludes halogenated alkanes) is 15. The summed E-state index contributed by atoms with van der Waals surface area (Å²) in [5, 5.41) is 0. The number of rotatable bonds is 44. The Labute approximate surface area is 812 Å². The van der Waals surface area contributed by atoms with Gasteiger partial charge in [-0.25, -0.2) is 12.8 Å². The topological polar surface area (TPSA) is 0 Å². The summed E-state index contributed by atoms with van der Waals surface area (Å²) in [4.78, 5) is 0. The third-order valence-corrected chi connectivity index (χ3v) is 17.1. The van der Waals surface area contributed by atoms with E-state index in [9.17, 15) is 0 Å². The summed E-state index contributed by atoms with van der Waals surface area (Å²) in [6, 6.07) is 44.9. The molecule has 0 saturated heterocycles. The molecule has 0 aliphatic carbocycles. The quantitative estimate of drug-likeness (QED) is 0.0269. The van der Waals surface area contributed by atoms with Crippen molar-refractivity contribution in [3.63, 3.8) is 0 Å². The average Bonchev–Trinajstić information content (AvgIpc) is 0.887. The zero-order chi connectivity index (χ0) is 94.0. The average molecular weight is 2210 g/mol. The maximum absolute atomic E-state index is 2.54. The van der Waals surface area contributed by atoms with Gasteiger partial charge in [-0.2, -0.15) is 144 Å². The Hall–Kier alpha value is -1.84. The molecule has 0 radical (unpaired) electrons. The van der Waals surface area contributed by atoms with Gasteiger partial charge in [0.25, 0.3) is 0 Å². The molecular formula is C117H222Pt3. The second-order valence-corrected chi connectivity index (χ2v) is 23.5. The van der Waals surface area contributed by atoms with E-state index >= 15 is 0 Å². The van der Waals surface area contributed by atoms with Crippen molar-refractivity contribution >= 4 is 0 Å². The molecule has 5 unspecified atom stereocenters. The summed E-state index contributed by atoms with van der Waals surface area (Å²) < 4.78 is 0. The van der Waals surface area contributed by atoms with E-state index in [1.165, 1.54) is 168 Å². The molecular weight excluding hydrogens is 1990 g/mol. The van der Waals surface area contributed by atoms with Gasteiger partial charge >= 0.3 is 63.2 Å². The van der Waals surface area contributed by atoms with Crippen LogP contribution in [0.2, 0.25) is 0 Å². The molecule has 0 bridgehead atoms. The minimum absolute atomic E-state index is 0. The monoisotopic (exact) mass is 2210 g/mol. The van der Waals surface area contributed by atoms with Crippen molar-refractivity contribution in [1.82, 2.24) is 0 Å². The van der Waals surface area contributed by atoms with Gasteiger partial charge in [-0.15, -0.1) is 19.3 Å². The number of benzene rings is 5. The maximum Gasteiger partial charge on any atom is 4.00 e. The summed E-state index contributed by atoms with van der Waals surface area (Å²) in [5.41, 5.74) is 15.2. The first-order chi connectivity index (χ1) is 57.8. The van der Waals surface area contributed by atoms with Gasteiger partial charge in [0.15, 0.2) is 0 Å². The van der Waals surface area contributed by atoms with Crippen LogP contribution in [0.15, 0.2) is 121 Å². The van der Waals surface area contributed by atoms with Crippen molar-refractivity contribution in [3.8, 4) is 0 Å². The molecule has 3 heteroatoms. The van der Waals surface area contributed by atoms with E-state index in [1.54, 1.807) is 22.3 Å².